The molecule has 0 spiro atoms. The fourth-order valence-electron chi connectivity index (χ4n) is 6.91. The van der Waals surface area contributed by atoms with Crippen LogP contribution in [0.3, 0.4) is 0 Å². The van der Waals surface area contributed by atoms with Crippen LogP contribution in [0.4, 0.5) is 48.3 Å². The van der Waals surface area contributed by atoms with Crippen LogP contribution in [-0.4, -0.2) is 72.5 Å². The van der Waals surface area contributed by atoms with Crippen molar-refractivity contribution in [3.8, 4) is 22.6 Å². The van der Waals surface area contributed by atoms with Crippen LogP contribution in [0, 0.1) is 0 Å². The molecular weight excluding hydrogens is 873 g/mol. The van der Waals surface area contributed by atoms with Crippen LogP contribution in [0.25, 0.3) is 11.1 Å². The van der Waals surface area contributed by atoms with Crippen molar-refractivity contribution in [2.45, 2.75) is 145 Å². The summed E-state index contributed by atoms with van der Waals surface area (Å²) in [5.74, 6) is -40.1. The SMILES string of the molecule is CCCCCC[C@@H](C)OC(=O)c1ccc(OC(=O)c2ccc(-c3ccc(OCCCCCCCCCCCOC(=O)C4(F)C(F)(F)C(F)(F)C(F)(F)C(F)(F)C4(F)F)cc3)cc2)cc1. The summed E-state index contributed by atoms with van der Waals surface area (Å²) in [5.41, 5.74) is -4.32. The Hall–Kier alpha value is -4.90. The molecule has 0 radical (unpaired) electrons. The van der Waals surface area contributed by atoms with Gasteiger partial charge < -0.3 is 18.9 Å². The molecule has 0 aromatic heterocycles. The largest absolute Gasteiger partial charge is 0.494 e. The summed E-state index contributed by atoms with van der Waals surface area (Å²) in [4.78, 5) is 37.1. The Labute approximate surface area is 364 Å². The molecule has 0 bridgehead atoms. The number of carbonyl (C=O) groups excluding carboxylic acids is 3. The van der Waals surface area contributed by atoms with Crippen LogP contribution in [-0.2, 0) is 14.3 Å². The van der Waals surface area contributed by atoms with Gasteiger partial charge in [0.25, 0.3) is 0 Å². The van der Waals surface area contributed by atoms with Gasteiger partial charge in [-0.1, -0.05) is 95.4 Å². The van der Waals surface area contributed by atoms with Gasteiger partial charge >= 0.3 is 53.2 Å². The highest BCUT2D eigenvalue weighted by Gasteiger charge is 3.03. The lowest BCUT2D eigenvalue weighted by molar-refractivity contribution is -0.478. The van der Waals surface area contributed by atoms with Crippen molar-refractivity contribution < 1.29 is 81.6 Å². The number of rotatable bonds is 24. The second-order valence-electron chi connectivity index (χ2n) is 15.8. The van der Waals surface area contributed by atoms with Crippen molar-refractivity contribution in [1.29, 1.82) is 0 Å². The molecule has 1 saturated carbocycles. The standard InChI is InChI=1S/C46H51F11O7/c1-3-4-5-13-16-31(2)63-38(58)35-23-27-37(28-24-35)64-39(59)34-19-17-32(18-20-34)33-21-25-36(26-22-33)61-29-14-11-9-7-6-8-10-12-15-30-62-40(60)41(47)42(48,49)44(52,53)46(56,57)45(54,55)43(41,50)51/h17-28,31H,3-16,29-30H2,1-2H3/t31-/m1/s1. The van der Waals surface area contributed by atoms with E-state index in [0.717, 1.165) is 75.3 Å². The van der Waals surface area contributed by atoms with Gasteiger partial charge in [0.15, 0.2) is 0 Å². The molecule has 4 rings (SSSR count). The van der Waals surface area contributed by atoms with Gasteiger partial charge in [-0.15, -0.1) is 0 Å². The van der Waals surface area contributed by atoms with Gasteiger partial charge in [-0.25, -0.2) is 18.8 Å². The molecular formula is C46H51F11O7. The normalized spacial score (nSPS) is 18.1. The maximum absolute atomic E-state index is 14.7. The topological polar surface area (TPSA) is 88.1 Å². The number of carbonyl (C=O) groups is 3. The molecule has 1 atom stereocenters. The van der Waals surface area contributed by atoms with Gasteiger partial charge in [0.2, 0.25) is 0 Å². The first-order valence-electron chi connectivity index (χ1n) is 21.2. The molecule has 0 aliphatic heterocycles. The summed E-state index contributed by atoms with van der Waals surface area (Å²) in [6.07, 6.45) is 9.94. The summed E-state index contributed by atoms with van der Waals surface area (Å²) in [6.45, 7) is 3.38. The Morgan fingerprint density at radius 2 is 0.891 bits per heavy atom. The van der Waals surface area contributed by atoms with Crippen molar-refractivity contribution in [3.05, 3.63) is 83.9 Å². The van der Waals surface area contributed by atoms with Crippen molar-refractivity contribution in [2.24, 2.45) is 0 Å². The highest BCUT2D eigenvalue weighted by Crippen LogP contribution is 2.69. The Balaban J connectivity index is 1.07. The molecule has 0 amide bonds. The Bertz CT molecular complexity index is 1940. The highest BCUT2D eigenvalue weighted by atomic mass is 19.4. The van der Waals surface area contributed by atoms with E-state index in [1.54, 1.807) is 48.5 Å². The average molecular weight is 925 g/mol. The van der Waals surface area contributed by atoms with E-state index in [2.05, 4.69) is 11.7 Å². The van der Waals surface area contributed by atoms with Crippen LogP contribution in [0.1, 0.15) is 124 Å². The number of ether oxygens (including phenoxy) is 4. The molecule has 354 valence electrons. The smallest absolute Gasteiger partial charge is 0.384 e. The van der Waals surface area contributed by atoms with Gasteiger partial charge in [-0.3, -0.25) is 0 Å². The maximum atomic E-state index is 14.7. The second kappa shape index (κ2) is 21.9. The lowest BCUT2D eigenvalue weighted by Crippen LogP contribution is -2.85. The zero-order valence-corrected chi connectivity index (χ0v) is 35.3. The van der Waals surface area contributed by atoms with Gasteiger partial charge in [-0.05, 0) is 92.3 Å². The molecule has 0 heterocycles. The number of alkyl halides is 11. The first kappa shape index (κ1) is 51.7. The van der Waals surface area contributed by atoms with E-state index in [1.807, 2.05) is 31.2 Å². The third-order valence-corrected chi connectivity index (χ3v) is 10.9. The molecule has 3 aromatic carbocycles. The Morgan fingerprint density at radius 1 is 0.484 bits per heavy atom. The van der Waals surface area contributed by atoms with Gasteiger partial charge in [-0.2, -0.15) is 43.9 Å². The summed E-state index contributed by atoms with van der Waals surface area (Å²) < 4.78 is 172. The Kier molecular flexibility index (Phi) is 17.7. The third-order valence-electron chi connectivity index (χ3n) is 10.9. The molecule has 1 aliphatic carbocycles. The van der Waals surface area contributed by atoms with Crippen LogP contribution in [0.2, 0.25) is 0 Å². The van der Waals surface area contributed by atoms with Crippen LogP contribution >= 0.6 is 0 Å². The fraction of sp³-hybridized carbons (Fsp3) is 0.543. The number of halogens is 11. The highest BCUT2D eigenvalue weighted by molar-refractivity contribution is 5.92. The van der Waals surface area contributed by atoms with Crippen molar-refractivity contribution in [3.63, 3.8) is 0 Å². The van der Waals surface area contributed by atoms with Gasteiger partial charge in [0.05, 0.1) is 30.4 Å². The summed E-state index contributed by atoms with van der Waals surface area (Å²) in [7, 11) is 0. The summed E-state index contributed by atoms with van der Waals surface area (Å²) in [5, 5.41) is 0. The minimum absolute atomic E-state index is 0.174. The van der Waals surface area contributed by atoms with Crippen molar-refractivity contribution in [1.82, 2.24) is 0 Å². The van der Waals surface area contributed by atoms with E-state index in [1.165, 1.54) is 0 Å². The number of benzene rings is 3. The third kappa shape index (κ3) is 11.1. The molecule has 0 unspecified atom stereocenters. The van der Waals surface area contributed by atoms with Crippen LogP contribution < -0.4 is 9.47 Å². The quantitative estimate of drug-likeness (QED) is 0.0383. The Morgan fingerprint density at radius 3 is 1.41 bits per heavy atom. The minimum Gasteiger partial charge on any atom is -0.494 e. The van der Waals surface area contributed by atoms with Crippen molar-refractivity contribution in [2.75, 3.05) is 13.2 Å². The van der Waals surface area contributed by atoms with E-state index in [-0.39, 0.29) is 24.7 Å². The minimum atomic E-state index is -7.39. The fourth-order valence-corrected chi connectivity index (χ4v) is 6.91. The van der Waals surface area contributed by atoms with E-state index in [9.17, 15) is 62.7 Å². The molecule has 7 nitrogen and oxygen atoms in total. The van der Waals surface area contributed by atoms with E-state index in [0.29, 0.717) is 36.3 Å². The number of esters is 3. The molecule has 3 aromatic rings. The molecule has 1 fully saturated rings. The monoisotopic (exact) mass is 924 g/mol. The molecule has 1 aliphatic rings. The number of hydrogen-bond acceptors (Lipinski definition) is 7. The van der Waals surface area contributed by atoms with Crippen molar-refractivity contribution >= 4 is 17.9 Å². The average Bonchev–Trinajstić information content (AvgIpc) is 3.26. The predicted octanol–water partition coefficient (Wildman–Crippen LogP) is 13.4. The maximum Gasteiger partial charge on any atom is 0.384 e. The zero-order valence-electron chi connectivity index (χ0n) is 35.3. The zero-order chi connectivity index (χ0) is 47.4. The summed E-state index contributed by atoms with van der Waals surface area (Å²) in [6, 6.07) is 20.5. The van der Waals surface area contributed by atoms with Gasteiger partial charge in [0, 0.05) is 0 Å². The van der Waals surface area contributed by atoms with E-state index >= 15 is 0 Å². The molecule has 0 N–H and O–H groups in total. The molecule has 0 saturated heterocycles. The first-order valence-corrected chi connectivity index (χ1v) is 21.2. The summed E-state index contributed by atoms with van der Waals surface area (Å²) >= 11 is 0. The van der Waals surface area contributed by atoms with Crippen LogP contribution in [0.5, 0.6) is 11.5 Å². The van der Waals surface area contributed by atoms with Crippen LogP contribution in [0.15, 0.2) is 72.8 Å². The lowest BCUT2D eigenvalue weighted by Gasteiger charge is -2.50. The van der Waals surface area contributed by atoms with E-state index in [4.69, 9.17) is 14.2 Å². The number of hydrogen-bond donors (Lipinski definition) is 0. The lowest BCUT2D eigenvalue weighted by atomic mass is 9.72. The molecule has 64 heavy (non-hydrogen) atoms. The second-order valence-corrected chi connectivity index (χ2v) is 15.8. The van der Waals surface area contributed by atoms with E-state index < -0.39 is 59.8 Å². The number of unbranched alkanes of at least 4 members (excludes halogenated alkanes) is 11. The predicted molar refractivity (Wildman–Crippen MR) is 213 cm³/mol. The first-order chi connectivity index (χ1) is 30.1. The molecule has 18 heteroatoms. The van der Waals surface area contributed by atoms with Gasteiger partial charge in [0.1, 0.15) is 11.5 Å².